The van der Waals surface area contributed by atoms with Crippen molar-refractivity contribution < 1.29 is 9.13 Å². The predicted molar refractivity (Wildman–Crippen MR) is 83.0 cm³/mol. The molecule has 0 fully saturated rings. The van der Waals surface area contributed by atoms with E-state index >= 15 is 0 Å². The van der Waals surface area contributed by atoms with Gasteiger partial charge in [0.1, 0.15) is 5.75 Å². The second-order valence-corrected chi connectivity index (χ2v) is 4.92. The van der Waals surface area contributed by atoms with Crippen LogP contribution in [-0.2, 0) is 0 Å². The molecule has 112 valence electrons. The quantitative estimate of drug-likeness (QED) is 0.765. The number of hydrogen-bond acceptors (Lipinski definition) is 3. The summed E-state index contributed by atoms with van der Waals surface area (Å²) in [4.78, 5) is 0. The maximum absolute atomic E-state index is 14.1. The molecule has 0 saturated carbocycles. The fourth-order valence-electron chi connectivity index (χ4n) is 2.02. The molecule has 0 aliphatic heterocycles. The van der Waals surface area contributed by atoms with Crippen LogP contribution < -0.4 is 15.8 Å². The highest BCUT2D eigenvalue weighted by Crippen LogP contribution is 2.26. The van der Waals surface area contributed by atoms with Gasteiger partial charge < -0.3 is 15.8 Å². The minimum Gasteiger partial charge on any atom is -0.454 e. The molecule has 0 spiro atoms. The lowest BCUT2D eigenvalue weighted by Crippen LogP contribution is -2.22. The first-order valence-electron chi connectivity index (χ1n) is 7.16. The lowest BCUT2D eigenvalue weighted by molar-refractivity contribution is 0.440. The van der Waals surface area contributed by atoms with Crippen LogP contribution in [0, 0.1) is 5.82 Å². The van der Waals surface area contributed by atoms with Crippen molar-refractivity contribution in [3.05, 3.63) is 59.9 Å². The second kappa shape index (κ2) is 7.76. The van der Waals surface area contributed by atoms with Crippen molar-refractivity contribution in [2.24, 2.45) is 5.73 Å². The number of ether oxygens (including phenoxy) is 1. The summed E-state index contributed by atoms with van der Waals surface area (Å²) in [7, 11) is 0. The van der Waals surface area contributed by atoms with Crippen molar-refractivity contribution in [2.75, 3.05) is 13.1 Å². The number of halogens is 1. The lowest BCUT2D eigenvalue weighted by Gasteiger charge is -2.15. The zero-order chi connectivity index (χ0) is 15.1. The van der Waals surface area contributed by atoms with Gasteiger partial charge in [-0.2, -0.15) is 0 Å². The third-order valence-electron chi connectivity index (χ3n) is 3.26. The van der Waals surface area contributed by atoms with E-state index in [-0.39, 0.29) is 17.6 Å². The number of nitrogens with two attached hydrogens (primary N) is 1. The summed E-state index contributed by atoms with van der Waals surface area (Å²) in [6, 6.07) is 14.3. The van der Waals surface area contributed by atoms with Crippen LogP contribution in [-0.4, -0.2) is 13.1 Å². The van der Waals surface area contributed by atoms with E-state index in [2.05, 4.69) is 5.32 Å². The highest BCUT2D eigenvalue weighted by molar-refractivity contribution is 5.35. The first-order chi connectivity index (χ1) is 10.2. The summed E-state index contributed by atoms with van der Waals surface area (Å²) in [6.07, 6.45) is 0.905. The average Bonchev–Trinajstić information content (AvgIpc) is 2.50. The van der Waals surface area contributed by atoms with E-state index in [4.69, 9.17) is 10.5 Å². The molecule has 0 aromatic heterocycles. The molecule has 4 heteroatoms. The fraction of sp³-hybridized carbons (Fsp3) is 0.294. The standard InChI is InChI=1S/C17H21FN2O/c1-13(20-11-5-10-19)14-8-9-17(16(18)12-14)21-15-6-3-2-4-7-15/h2-4,6-9,12-13,20H,5,10-11,19H2,1H3. The first kappa shape index (κ1) is 15.5. The molecule has 1 atom stereocenters. The van der Waals surface area contributed by atoms with Gasteiger partial charge in [0.2, 0.25) is 0 Å². The van der Waals surface area contributed by atoms with Gasteiger partial charge >= 0.3 is 0 Å². The molecule has 2 aromatic rings. The van der Waals surface area contributed by atoms with E-state index in [1.807, 2.05) is 31.2 Å². The Labute approximate surface area is 124 Å². The van der Waals surface area contributed by atoms with Gasteiger partial charge in [-0.05, 0) is 56.3 Å². The summed E-state index contributed by atoms with van der Waals surface area (Å²) in [5, 5.41) is 3.31. The Morgan fingerprint density at radius 2 is 1.95 bits per heavy atom. The summed E-state index contributed by atoms with van der Waals surface area (Å²) in [5.74, 6) is 0.501. The largest absolute Gasteiger partial charge is 0.454 e. The molecule has 0 amide bonds. The molecule has 1 unspecified atom stereocenters. The van der Waals surface area contributed by atoms with E-state index in [0.717, 1.165) is 18.5 Å². The van der Waals surface area contributed by atoms with Gasteiger partial charge in [-0.1, -0.05) is 24.3 Å². The normalized spacial score (nSPS) is 12.1. The van der Waals surface area contributed by atoms with Crippen LogP contribution in [0.15, 0.2) is 48.5 Å². The SMILES string of the molecule is CC(NCCCN)c1ccc(Oc2ccccc2)c(F)c1. The topological polar surface area (TPSA) is 47.3 Å². The number of hydrogen-bond donors (Lipinski definition) is 2. The Kier molecular flexibility index (Phi) is 5.72. The fourth-order valence-corrected chi connectivity index (χ4v) is 2.02. The molecule has 0 aliphatic rings. The molecule has 0 heterocycles. The molecule has 0 radical (unpaired) electrons. The highest BCUT2D eigenvalue weighted by atomic mass is 19.1. The molecule has 3 N–H and O–H groups in total. The highest BCUT2D eigenvalue weighted by Gasteiger charge is 2.10. The van der Waals surface area contributed by atoms with Crippen molar-refractivity contribution in [2.45, 2.75) is 19.4 Å². The van der Waals surface area contributed by atoms with Crippen LogP contribution in [0.3, 0.4) is 0 Å². The predicted octanol–water partition coefficient (Wildman–Crippen LogP) is 3.62. The Morgan fingerprint density at radius 1 is 1.19 bits per heavy atom. The molecule has 0 saturated heterocycles. The molecule has 0 aliphatic carbocycles. The average molecular weight is 288 g/mol. The van der Waals surface area contributed by atoms with E-state index in [1.54, 1.807) is 18.2 Å². The molecular formula is C17H21FN2O. The molecule has 3 nitrogen and oxygen atoms in total. The van der Waals surface area contributed by atoms with Crippen LogP contribution >= 0.6 is 0 Å². The van der Waals surface area contributed by atoms with E-state index < -0.39 is 0 Å². The molecule has 2 aromatic carbocycles. The van der Waals surface area contributed by atoms with E-state index in [9.17, 15) is 4.39 Å². The van der Waals surface area contributed by atoms with Gasteiger partial charge in [0, 0.05) is 6.04 Å². The third kappa shape index (κ3) is 4.55. The maximum atomic E-state index is 14.1. The summed E-state index contributed by atoms with van der Waals surface area (Å²) < 4.78 is 19.6. The van der Waals surface area contributed by atoms with E-state index in [0.29, 0.717) is 12.3 Å². The Morgan fingerprint density at radius 3 is 2.62 bits per heavy atom. The summed E-state index contributed by atoms with van der Waals surface area (Å²) in [5.41, 5.74) is 6.35. The third-order valence-corrected chi connectivity index (χ3v) is 3.26. The van der Waals surface area contributed by atoms with Crippen LogP contribution in [0.5, 0.6) is 11.5 Å². The molecule has 2 rings (SSSR count). The van der Waals surface area contributed by atoms with E-state index in [1.165, 1.54) is 6.07 Å². The second-order valence-electron chi connectivity index (χ2n) is 4.92. The molecule has 21 heavy (non-hydrogen) atoms. The van der Waals surface area contributed by atoms with Crippen molar-refractivity contribution in [1.29, 1.82) is 0 Å². The van der Waals surface area contributed by atoms with Gasteiger partial charge in [0.05, 0.1) is 0 Å². The van der Waals surface area contributed by atoms with Crippen molar-refractivity contribution in [3.63, 3.8) is 0 Å². The van der Waals surface area contributed by atoms with Crippen molar-refractivity contribution >= 4 is 0 Å². The molecule has 0 bridgehead atoms. The Hall–Kier alpha value is -1.91. The van der Waals surface area contributed by atoms with Gasteiger partial charge in [0.25, 0.3) is 0 Å². The number of para-hydroxylation sites is 1. The van der Waals surface area contributed by atoms with Gasteiger partial charge in [0.15, 0.2) is 11.6 Å². The number of nitrogens with one attached hydrogen (secondary N) is 1. The molecular weight excluding hydrogens is 267 g/mol. The van der Waals surface area contributed by atoms with Crippen LogP contribution in [0.2, 0.25) is 0 Å². The van der Waals surface area contributed by atoms with Crippen molar-refractivity contribution in [3.8, 4) is 11.5 Å². The summed E-state index contributed by atoms with van der Waals surface area (Å²) >= 11 is 0. The zero-order valence-electron chi connectivity index (χ0n) is 12.2. The zero-order valence-corrected chi connectivity index (χ0v) is 12.2. The van der Waals surface area contributed by atoms with Crippen LogP contribution in [0.1, 0.15) is 24.9 Å². The lowest BCUT2D eigenvalue weighted by atomic mass is 10.1. The van der Waals surface area contributed by atoms with Gasteiger partial charge in [-0.15, -0.1) is 0 Å². The minimum absolute atomic E-state index is 0.0804. The number of rotatable bonds is 7. The smallest absolute Gasteiger partial charge is 0.166 e. The van der Waals surface area contributed by atoms with Gasteiger partial charge in [-0.3, -0.25) is 0 Å². The van der Waals surface area contributed by atoms with Crippen LogP contribution in [0.4, 0.5) is 4.39 Å². The first-order valence-corrected chi connectivity index (χ1v) is 7.16. The Balaban J connectivity index is 2.03. The summed E-state index contributed by atoms with van der Waals surface area (Å²) in [6.45, 7) is 3.47. The minimum atomic E-state index is -0.358. The van der Waals surface area contributed by atoms with Crippen LogP contribution in [0.25, 0.3) is 0 Å². The number of benzene rings is 2. The van der Waals surface area contributed by atoms with Gasteiger partial charge in [-0.25, -0.2) is 4.39 Å². The Bertz CT molecular complexity index is 560. The monoisotopic (exact) mass is 288 g/mol. The maximum Gasteiger partial charge on any atom is 0.166 e. The van der Waals surface area contributed by atoms with Crippen molar-refractivity contribution in [1.82, 2.24) is 5.32 Å².